The number of pyridine rings is 2. The first kappa shape index (κ1) is 18.1. The number of aromatic nitrogens is 5. The van der Waals surface area contributed by atoms with Crippen molar-refractivity contribution in [1.29, 1.82) is 0 Å². The summed E-state index contributed by atoms with van der Waals surface area (Å²) in [6.45, 7) is 2.41. The zero-order chi connectivity index (χ0) is 20.5. The maximum absolute atomic E-state index is 13.5. The topological polar surface area (TPSA) is 70.9 Å². The second-order valence-electron chi connectivity index (χ2n) is 7.07. The number of halogens is 1. The van der Waals surface area contributed by atoms with Crippen LogP contribution in [0.3, 0.4) is 0 Å². The summed E-state index contributed by atoms with van der Waals surface area (Å²) >= 11 is 0. The van der Waals surface area contributed by atoms with Crippen LogP contribution in [0.25, 0.3) is 28.2 Å². The number of anilines is 1. The third kappa shape index (κ3) is 3.53. The number of hydrogen-bond acceptors (Lipinski definition) is 4. The number of fused-ring (bicyclic) bond motifs is 1. The Hall–Kier alpha value is -4.00. The zero-order valence-electron chi connectivity index (χ0n) is 16.3. The van der Waals surface area contributed by atoms with Crippen molar-refractivity contribution in [3.05, 3.63) is 90.1 Å². The molecule has 0 atom stereocenters. The van der Waals surface area contributed by atoms with E-state index in [0.717, 1.165) is 39.4 Å². The highest BCUT2D eigenvalue weighted by Gasteiger charge is 2.16. The maximum Gasteiger partial charge on any atom is 0.201 e. The number of imidazole rings is 1. The standard InChI is InChI=1S/C23H19FN6/c1-15-4-2-7-20(27-15)22-21(17-9-11-30-19(13-17)8-10-26-30)28-23(29-22)25-14-16-5-3-6-18(24)12-16/h2-13H,14H2,1H3,(H2,25,28,29). The number of aromatic amines is 1. The predicted octanol–water partition coefficient (Wildman–Crippen LogP) is 4.85. The summed E-state index contributed by atoms with van der Waals surface area (Å²) in [5, 5.41) is 7.51. The van der Waals surface area contributed by atoms with Crippen LogP contribution in [-0.4, -0.2) is 24.6 Å². The fraction of sp³-hybridized carbons (Fsp3) is 0.0870. The molecular weight excluding hydrogens is 379 g/mol. The molecule has 4 aromatic heterocycles. The SMILES string of the molecule is Cc1cccc(-c2[nH]c(NCc3cccc(F)c3)nc2-c2ccn3nccc3c2)n1. The van der Waals surface area contributed by atoms with Gasteiger partial charge in [0.05, 0.1) is 16.9 Å². The van der Waals surface area contributed by atoms with Gasteiger partial charge < -0.3 is 10.3 Å². The number of benzene rings is 1. The van der Waals surface area contributed by atoms with Crippen molar-refractivity contribution in [3.8, 4) is 22.6 Å². The summed E-state index contributed by atoms with van der Waals surface area (Å²) < 4.78 is 15.3. The first-order valence-corrected chi connectivity index (χ1v) is 9.62. The molecule has 4 heterocycles. The highest BCUT2D eigenvalue weighted by molar-refractivity contribution is 5.80. The Morgan fingerprint density at radius 3 is 2.80 bits per heavy atom. The molecule has 2 N–H and O–H groups in total. The lowest BCUT2D eigenvalue weighted by Crippen LogP contribution is -2.01. The Bertz CT molecular complexity index is 1340. The van der Waals surface area contributed by atoms with Crippen LogP contribution in [0, 0.1) is 12.7 Å². The number of hydrogen-bond donors (Lipinski definition) is 2. The monoisotopic (exact) mass is 398 g/mol. The smallest absolute Gasteiger partial charge is 0.201 e. The van der Waals surface area contributed by atoms with Crippen LogP contribution < -0.4 is 5.32 Å². The van der Waals surface area contributed by atoms with E-state index in [1.165, 1.54) is 12.1 Å². The average Bonchev–Trinajstić information content (AvgIpc) is 3.39. The van der Waals surface area contributed by atoms with Crippen molar-refractivity contribution in [2.75, 3.05) is 5.32 Å². The van der Waals surface area contributed by atoms with E-state index in [4.69, 9.17) is 4.98 Å². The van der Waals surface area contributed by atoms with E-state index < -0.39 is 0 Å². The fourth-order valence-corrected chi connectivity index (χ4v) is 3.44. The van der Waals surface area contributed by atoms with Crippen LogP contribution in [0.1, 0.15) is 11.3 Å². The zero-order valence-corrected chi connectivity index (χ0v) is 16.3. The molecule has 30 heavy (non-hydrogen) atoms. The van der Waals surface area contributed by atoms with Gasteiger partial charge in [-0.2, -0.15) is 5.10 Å². The number of H-pyrrole nitrogens is 1. The minimum absolute atomic E-state index is 0.256. The summed E-state index contributed by atoms with van der Waals surface area (Å²) in [7, 11) is 0. The molecule has 6 nitrogen and oxygen atoms in total. The van der Waals surface area contributed by atoms with E-state index in [2.05, 4.69) is 20.4 Å². The molecule has 5 aromatic rings. The second kappa shape index (κ2) is 7.44. The van der Waals surface area contributed by atoms with E-state index in [-0.39, 0.29) is 5.82 Å². The van der Waals surface area contributed by atoms with Crippen LogP contribution in [0.15, 0.2) is 73.1 Å². The van der Waals surface area contributed by atoms with E-state index >= 15 is 0 Å². The molecule has 0 aliphatic heterocycles. The van der Waals surface area contributed by atoms with E-state index in [0.29, 0.717) is 12.5 Å². The van der Waals surface area contributed by atoms with Gasteiger partial charge in [0.25, 0.3) is 0 Å². The Morgan fingerprint density at radius 2 is 1.93 bits per heavy atom. The summed E-state index contributed by atoms with van der Waals surface area (Å²) in [6.07, 6.45) is 3.67. The molecule has 0 unspecified atom stereocenters. The first-order chi connectivity index (χ1) is 14.7. The predicted molar refractivity (Wildman–Crippen MR) is 114 cm³/mol. The van der Waals surface area contributed by atoms with Gasteiger partial charge in [0.15, 0.2) is 0 Å². The van der Waals surface area contributed by atoms with Gasteiger partial charge in [0.2, 0.25) is 5.95 Å². The lowest BCUT2D eigenvalue weighted by atomic mass is 10.1. The fourth-order valence-electron chi connectivity index (χ4n) is 3.44. The molecule has 0 saturated carbocycles. The van der Waals surface area contributed by atoms with Crippen molar-refractivity contribution in [3.63, 3.8) is 0 Å². The van der Waals surface area contributed by atoms with Crippen LogP contribution in [-0.2, 0) is 6.54 Å². The Kier molecular flexibility index (Phi) is 4.48. The Balaban J connectivity index is 1.55. The number of rotatable bonds is 5. The van der Waals surface area contributed by atoms with Gasteiger partial charge in [0.1, 0.15) is 11.5 Å². The average molecular weight is 398 g/mol. The van der Waals surface area contributed by atoms with Crippen molar-refractivity contribution < 1.29 is 4.39 Å². The first-order valence-electron chi connectivity index (χ1n) is 9.62. The molecule has 0 fully saturated rings. The number of nitrogens with zero attached hydrogens (tertiary/aromatic N) is 4. The molecule has 1 aromatic carbocycles. The third-order valence-corrected chi connectivity index (χ3v) is 4.87. The van der Waals surface area contributed by atoms with Crippen molar-refractivity contribution in [1.82, 2.24) is 24.6 Å². The summed E-state index contributed by atoms with van der Waals surface area (Å²) in [5.74, 6) is 0.342. The van der Waals surface area contributed by atoms with Crippen LogP contribution in [0.4, 0.5) is 10.3 Å². The molecule has 0 aliphatic rings. The third-order valence-electron chi connectivity index (χ3n) is 4.87. The molecule has 5 rings (SSSR count). The minimum Gasteiger partial charge on any atom is -0.352 e. The van der Waals surface area contributed by atoms with E-state index in [1.54, 1.807) is 12.3 Å². The van der Waals surface area contributed by atoms with Crippen LogP contribution in [0.2, 0.25) is 0 Å². The highest BCUT2D eigenvalue weighted by atomic mass is 19.1. The van der Waals surface area contributed by atoms with Crippen LogP contribution in [0.5, 0.6) is 0 Å². The molecule has 0 bridgehead atoms. The van der Waals surface area contributed by atoms with Gasteiger partial charge in [0, 0.05) is 30.2 Å². The molecular formula is C23H19FN6. The van der Waals surface area contributed by atoms with Gasteiger partial charge >= 0.3 is 0 Å². The number of aryl methyl sites for hydroxylation is 1. The minimum atomic E-state index is -0.256. The number of nitrogens with one attached hydrogen (secondary N) is 2. The van der Waals surface area contributed by atoms with Gasteiger partial charge in [-0.25, -0.2) is 13.9 Å². The Morgan fingerprint density at radius 1 is 1.03 bits per heavy atom. The molecule has 0 radical (unpaired) electrons. The van der Waals surface area contributed by atoms with Gasteiger partial charge in [-0.05, 0) is 55.0 Å². The highest BCUT2D eigenvalue weighted by Crippen LogP contribution is 2.31. The maximum atomic E-state index is 13.5. The largest absolute Gasteiger partial charge is 0.352 e. The molecule has 148 valence electrons. The van der Waals surface area contributed by atoms with Crippen molar-refractivity contribution >= 4 is 11.5 Å². The lowest BCUT2D eigenvalue weighted by Gasteiger charge is -2.04. The lowest BCUT2D eigenvalue weighted by molar-refractivity contribution is 0.626. The summed E-state index contributed by atoms with van der Waals surface area (Å²) in [4.78, 5) is 12.8. The van der Waals surface area contributed by atoms with E-state index in [1.807, 2.05) is 60.1 Å². The summed E-state index contributed by atoms with van der Waals surface area (Å²) in [6, 6.07) is 18.4. The van der Waals surface area contributed by atoms with Gasteiger partial charge in [-0.15, -0.1) is 0 Å². The second-order valence-corrected chi connectivity index (χ2v) is 7.07. The quantitative estimate of drug-likeness (QED) is 0.444. The van der Waals surface area contributed by atoms with Crippen molar-refractivity contribution in [2.24, 2.45) is 0 Å². The Labute approximate surface area is 172 Å². The van der Waals surface area contributed by atoms with E-state index in [9.17, 15) is 4.39 Å². The molecule has 0 aliphatic carbocycles. The normalized spacial score (nSPS) is 11.1. The summed E-state index contributed by atoms with van der Waals surface area (Å²) in [5.41, 5.74) is 6.12. The molecule has 0 amide bonds. The van der Waals surface area contributed by atoms with Gasteiger partial charge in [-0.3, -0.25) is 4.98 Å². The molecule has 7 heteroatoms. The van der Waals surface area contributed by atoms with Crippen molar-refractivity contribution in [2.45, 2.75) is 13.5 Å². The van der Waals surface area contributed by atoms with Gasteiger partial charge in [-0.1, -0.05) is 18.2 Å². The molecule has 0 saturated heterocycles. The molecule has 0 spiro atoms. The van der Waals surface area contributed by atoms with Crippen LogP contribution >= 0.6 is 0 Å².